The van der Waals surface area contributed by atoms with Crippen molar-refractivity contribution in [3.63, 3.8) is 0 Å². The van der Waals surface area contributed by atoms with Crippen molar-refractivity contribution >= 4 is 43.6 Å². The third-order valence-corrected chi connectivity index (χ3v) is 32.6. The molecule has 33 heavy (non-hydrogen) atoms. The molecule has 0 amide bonds. The van der Waals surface area contributed by atoms with Crippen LogP contribution in [-0.4, -0.2) is 43.6 Å². The summed E-state index contributed by atoms with van der Waals surface area (Å²) < 4.78 is 20.7. The van der Waals surface area contributed by atoms with Gasteiger partial charge in [0.2, 0.25) is 0 Å². The van der Waals surface area contributed by atoms with E-state index in [4.69, 9.17) is 6.15 Å². The Balaban J connectivity index is 5.36. The summed E-state index contributed by atoms with van der Waals surface area (Å²) in [7, 11) is 0. The molecule has 0 aliphatic carbocycles. The van der Waals surface area contributed by atoms with Gasteiger partial charge in [0, 0.05) is 0 Å². The van der Waals surface area contributed by atoms with E-state index in [-0.39, 0.29) is 12.4 Å². The molecule has 3 nitrogen and oxygen atoms in total. The molecule has 0 atom stereocenters. The third-order valence-electron chi connectivity index (χ3n) is 6.95. The van der Waals surface area contributed by atoms with Gasteiger partial charge in [-0.1, -0.05) is 0 Å². The van der Waals surface area contributed by atoms with Gasteiger partial charge in [-0.15, -0.1) is 0 Å². The number of unbranched alkanes of at least 4 members (excludes halogenated alkanes) is 6. The van der Waals surface area contributed by atoms with E-state index in [0.717, 1.165) is 5.76 Å². The fourth-order valence-corrected chi connectivity index (χ4v) is 31.5. The van der Waals surface area contributed by atoms with Crippen LogP contribution < -0.4 is 0 Å². The number of hydrogen-bond acceptors (Lipinski definition) is 3. The molecule has 0 radical (unpaired) electrons. The number of carbonyl (C=O) groups excluding carboxylic acids is 1. The fraction of sp³-hybridized carbons (Fsp3) is 0.893. The van der Waals surface area contributed by atoms with Crippen LogP contribution in [-0.2, 0) is 10.9 Å². The van der Waals surface area contributed by atoms with Crippen LogP contribution in [0, 0.1) is 0 Å². The molecule has 0 spiro atoms. The summed E-state index contributed by atoms with van der Waals surface area (Å²) in [6.07, 6.45) is 14.9. The van der Waals surface area contributed by atoms with Crippen molar-refractivity contribution in [3.8, 4) is 0 Å². The monoisotopic (exact) mass is 682 g/mol. The van der Waals surface area contributed by atoms with E-state index in [9.17, 15) is 4.79 Å². The van der Waals surface area contributed by atoms with Crippen LogP contribution in [0.1, 0.15) is 125 Å². The van der Waals surface area contributed by atoms with E-state index in [1.807, 2.05) is 0 Å². The second-order valence-corrected chi connectivity index (χ2v) is 33.5. The predicted molar refractivity (Wildman–Crippen MR) is 151 cm³/mol. The van der Waals surface area contributed by atoms with E-state index in [2.05, 4.69) is 48.1 Å². The van der Waals surface area contributed by atoms with Crippen molar-refractivity contribution in [3.05, 3.63) is 12.3 Å². The summed E-state index contributed by atoms with van der Waals surface area (Å²) >= 11 is -5.72. The van der Waals surface area contributed by atoms with Gasteiger partial charge in [0.25, 0.3) is 0 Å². The summed E-state index contributed by atoms with van der Waals surface area (Å²) in [6, 6.07) is 0. The van der Waals surface area contributed by atoms with Gasteiger partial charge >= 0.3 is 218 Å². The van der Waals surface area contributed by atoms with E-state index < -0.39 is 37.6 Å². The molecule has 0 aromatic heterocycles. The average Bonchev–Trinajstić information content (AvgIpc) is 2.80. The molecule has 196 valence electrons. The number of carbonyl (C=O) groups is 1. The van der Waals surface area contributed by atoms with Crippen LogP contribution in [0.25, 0.3) is 0 Å². The summed E-state index contributed by atoms with van der Waals surface area (Å²) in [5, 5.41) is 0. The van der Waals surface area contributed by atoms with Gasteiger partial charge in [-0.2, -0.15) is 0 Å². The van der Waals surface area contributed by atoms with Crippen molar-refractivity contribution in [2.24, 2.45) is 0 Å². The zero-order chi connectivity index (χ0) is 25.0. The molecular formula is C28H58O3Sn2. The van der Waals surface area contributed by atoms with Crippen molar-refractivity contribution in [1.29, 1.82) is 0 Å². The van der Waals surface area contributed by atoms with Gasteiger partial charge in [-0.3, -0.25) is 0 Å². The Morgan fingerprint density at radius 1 is 0.545 bits per heavy atom. The predicted octanol–water partition coefficient (Wildman–Crippen LogP) is 10.1. The second kappa shape index (κ2) is 20.8. The molecule has 0 aliphatic heterocycles. The molecule has 0 aliphatic rings. The third kappa shape index (κ3) is 15.4. The Hall–Kier alpha value is 0.607. The summed E-state index contributed by atoms with van der Waals surface area (Å²) in [5.41, 5.74) is 0. The zero-order valence-corrected chi connectivity index (χ0v) is 29.1. The molecule has 0 unspecified atom stereocenters. The molecule has 0 aromatic carbocycles. The maximum absolute atomic E-state index is 13.2. The van der Waals surface area contributed by atoms with Crippen molar-refractivity contribution < 1.29 is 10.9 Å². The Morgan fingerprint density at radius 2 is 0.818 bits per heavy atom. The number of hydrogen-bond donors (Lipinski definition) is 0. The zero-order valence-electron chi connectivity index (χ0n) is 23.4. The molecule has 0 heterocycles. The summed E-state index contributed by atoms with van der Waals surface area (Å²) in [4.78, 5) is 13.2. The van der Waals surface area contributed by atoms with E-state index in [1.54, 1.807) is 0 Å². The minimum atomic E-state index is -2.93. The molecule has 0 bridgehead atoms. The van der Waals surface area contributed by atoms with Gasteiger partial charge in [0.05, 0.1) is 0 Å². The van der Waals surface area contributed by atoms with E-state index >= 15 is 0 Å². The standard InChI is InChI=1S/C4H6O3.6C4H9.2Sn/c1-3(5)2-4(6)7;6*1-3-4-2;;/h5H,1-2H2,(H,6,7);6*1,3-4H2,2H3;;/q;;;;;;;2*+1/p-2. The van der Waals surface area contributed by atoms with Crippen LogP contribution in [0.3, 0.4) is 0 Å². The Kier molecular flexibility index (Phi) is 21.1. The molecule has 0 fully saturated rings. The Morgan fingerprint density at radius 3 is 1.09 bits per heavy atom. The Bertz CT molecular complexity index is 420. The Labute approximate surface area is 217 Å². The first-order chi connectivity index (χ1) is 15.9. The molecule has 0 saturated heterocycles. The van der Waals surface area contributed by atoms with Gasteiger partial charge in [-0.05, 0) is 0 Å². The van der Waals surface area contributed by atoms with E-state index in [1.165, 1.54) is 104 Å². The van der Waals surface area contributed by atoms with E-state index in [0.29, 0.717) is 0 Å². The molecule has 0 rings (SSSR count). The SMILES string of the molecule is C=C(CC(=O)[O][Sn]([CH2]CCC)([CH2]CCC)[CH2]CCC)[O][Sn]([CH2]CCC)([CH2]CCC)[CH2]CCC. The summed E-state index contributed by atoms with van der Waals surface area (Å²) in [5.74, 6) is 0.696. The first-order valence-corrected chi connectivity index (χ1v) is 28.9. The molecular weight excluding hydrogens is 622 g/mol. The molecule has 0 N–H and O–H groups in total. The van der Waals surface area contributed by atoms with Crippen molar-refractivity contribution in [1.82, 2.24) is 0 Å². The fourth-order valence-electron chi connectivity index (χ4n) is 4.83. The first kappa shape index (κ1) is 33.6. The van der Waals surface area contributed by atoms with Crippen LogP contribution in [0.4, 0.5) is 0 Å². The first-order valence-electron chi connectivity index (χ1n) is 14.4. The average molecular weight is 680 g/mol. The van der Waals surface area contributed by atoms with Gasteiger partial charge < -0.3 is 0 Å². The van der Waals surface area contributed by atoms with Crippen LogP contribution in [0.5, 0.6) is 0 Å². The van der Waals surface area contributed by atoms with Gasteiger partial charge in [0.15, 0.2) is 0 Å². The van der Waals surface area contributed by atoms with Crippen LogP contribution in [0.15, 0.2) is 12.3 Å². The maximum atomic E-state index is 13.2. The van der Waals surface area contributed by atoms with Gasteiger partial charge in [0.1, 0.15) is 0 Å². The van der Waals surface area contributed by atoms with Crippen LogP contribution in [0.2, 0.25) is 26.6 Å². The minimum absolute atomic E-state index is 0.0271. The van der Waals surface area contributed by atoms with Crippen LogP contribution >= 0.6 is 0 Å². The van der Waals surface area contributed by atoms with Crippen molar-refractivity contribution in [2.75, 3.05) is 0 Å². The van der Waals surface area contributed by atoms with Crippen molar-refractivity contribution in [2.45, 2.75) is 152 Å². The molecule has 0 aromatic rings. The topological polar surface area (TPSA) is 35.5 Å². The number of rotatable bonds is 23. The molecule has 5 heteroatoms. The quantitative estimate of drug-likeness (QED) is 0.0797. The second-order valence-electron chi connectivity index (χ2n) is 10.3. The molecule has 0 saturated carbocycles. The summed E-state index contributed by atoms with van der Waals surface area (Å²) in [6.45, 7) is 17.9. The van der Waals surface area contributed by atoms with Gasteiger partial charge in [-0.25, -0.2) is 0 Å². The normalized spacial score (nSPS) is 12.1.